The van der Waals surface area contributed by atoms with Gasteiger partial charge in [-0.3, -0.25) is 0 Å². The zero-order valence-corrected chi connectivity index (χ0v) is 15.3. The first-order chi connectivity index (χ1) is 10.5. The van der Waals surface area contributed by atoms with E-state index in [4.69, 9.17) is 0 Å². The summed E-state index contributed by atoms with van der Waals surface area (Å²) in [4.78, 5) is 2.51. The number of benzene rings is 1. The largest absolute Gasteiger partial charge is 0.392 e. The van der Waals surface area contributed by atoms with E-state index in [-0.39, 0.29) is 0 Å². The molecule has 1 N–H and O–H groups in total. The molecule has 0 radical (unpaired) electrons. The number of rotatable bonds is 10. The van der Waals surface area contributed by atoms with Gasteiger partial charge in [0.15, 0.2) is 0 Å². The Morgan fingerprint density at radius 3 is 2.23 bits per heavy atom. The maximum Gasteiger partial charge on any atom is 0.101 e. The second-order valence-electron chi connectivity index (χ2n) is 6.17. The minimum atomic E-state index is 1.03. The molecule has 0 amide bonds. The molecule has 22 heavy (non-hydrogen) atoms. The molecule has 0 aromatic heterocycles. The van der Waals surface area contributed by atoms with Gasteiger partial charge in [-0.1, -0.05) is 32.0 Å². The molecule has 0 saturated carbocycles. The number of likely N-dealkylation sites (N-methyl/N-ethyl adjacent to an activating group) is 1. The number of aryl methyl sites for hydroxylation is 1. The second kappa shape index (κ2) is 9.73. The fourth-order valence-corrected chi connectivity index (χ4v) is 2.87. The average Bonchev–Trinajstić information content (AvgIpc) is 2.53. The highest BCUT2D eigenvalue weighted by molar-refractivity contribution is 6.08. The lowest BCUT2D eigenvalue weighted by atomic mass is 9.90. The summed E-state index contributed by atoms with van der Waals surface area (Å²) in [6, 6.07) is 4.67. The number of hydrogen-bond donors (Lipinski definition) is 1. The molecule has 0 unspecified atom stereocenters. The van der Waals surface area contributed by atoms with Gasteiger partial charge in [-0.15, -0.1) is 0 Å². The molecule has 122 valence electrons. The molecule has 0 spiro atoms. The standard InChI is InChI=1S/C19H33BN2/c1-6-22(13-10-15(2)21-5)14-11-19-8-7-18(9-12-20)16(3)17(19)4/h7-8,21H,2,6,9-14,20H2,1,3-5H3. The van der Waals surface area contributed by atoms with Gasteiger partial charge in [0.25, 0.3) is 0 Å². The normalized spacial score (nSPS) is 11.0. The lowest BCUT2D eigenvalue weighted by molar-refractivity contribution is 0.294. The van der Waals surface area contributed by atoms with Crippen LogP contribution in [-0.2, 0) is 12.8 Å². The van der Waals surface area contributed by atoms with E-state index in [0.29, 0.717) is 0 Å². The van der Waals surface area contributed by atoms with Crippen LogP contribution in [0.4, 0.5) is 0 Å². The highest BCUT2D eigenvalue weighted by Gasteiger charge is 2.08. The van der Waals surface area contributed by atoms with Gasteiger partial charge in [0.2, 0.25) is 0 Å². The van der Waals surface area contributed by atoms with Crippen molar-refractivity contribution in [3.63, 3.8) is 0 Å². The highest BCUT2D eigenvalue weighted by Crippen LogP contribution is 2.20. The van der Waals surface area contributed by atoms with Crippen LogP contribution >= 0.6 is 0 Å². The van der Waals surface area contributed by atoms with Gasteiger partial charge < -0.3 is 10.2 Å². The van der Waals surface area contributed by atoms with Crippen molar-refractivity contribution < 1.29 is 0 Å². The van der Waals surface area contributed by atoms with Gasteiger partial charge in [-0.2, -0.15) is 0 Å². The van der Waals surface area contributed by atoms with Crippen molar-refractivity contribution in [3.05, 3.63) is 46.7 Å². The summed E-state index contributed by atoms with van der Waals surface area (Å²) in [5.41, 5.74) is 7.12. The lowest BCUT2D eigenvalue weighted by Crippen LogP contribution is -2.28. The Hall–Kier alpha value is -1.22. The van der Waals surface area contributed by atoms with Gasteiger partial charge in [0.1, 0.15) is 7.85 Å². The monoisotopic (exact) mass is 300 g/mol. The quantitative estimate of drug-likeness (QED) is 0.668. The van der Waals surface area contributed by atoms with Crippen molar-refractivity contribution in [2.75, 3.05) is 26.7 Å². The Labute approximate surface area is 138 Å². The van der Waals surface area contributed by atoms with E-state index in [0.717, 1.165) is 38.2 Å². The summed E-state index contributed by atoms with van der Waals surface area (Å²) in [6.07, 6.45) is 4.58. The van der Waals surface area contributed by atoms with Gasteiger partial charge in [-0.05, 0) is 61.9 Å². The fraction of sp³-hybridized carbons (Fsp3) is 0.579. The predicted molar refractivity (Wildman–Crippen MR) is 102 cm³/mol. The van der Waals surface area contributed by atoms with E-state index in [9.17, 15) is 0 Å². The van der Waals surface area contributed by atoms with E-state index in [1.165, 1.54) is 35.0 Å². The molecule has 0 aliphatic carbocycles. The summed E-state index contributed by atoms with van der Waals surface area (Å²) in [7, 11) is 4.20. The third-order valence-electron chi connectivity index (χ3n) is 4.76. The smallest absolute Gasteiger partial charge is 0.101 e. The molecule has 2 nitrogen and oxygen atoms in total. The average molecular weight is 300 g/mol. The van der Waals surface area contributed by atoms with Gasteiger partial charge in [0.05, 0.1) is 0 Å². The Morgan fingerprint density at radius 2 is 1.73 bits per heavy atom. The summed E-state index contributed by atoms with van der Waals surface area (Å²) in [6.45, 7) is 14.1. The Kier molecular flexibility index (Phi) is 8.33. The molecule has 3 heteroatoms. The minimum absolute atomic E-state index is 1.03. The predicted octanol–water partition coefficient (Wildman–Crippen LogP) is 2.88. The molecule has 1 rings (SSSR count). The van der Waals surface area contributed by atoms with E-state index in [1.54, 1.807) is 0 Å². The van der Waals surface area contributed by atoms with Crippen molar-refractivity contribution in [1.82, 2.24) is 10.2 Å². The third-order valence-corrected chi connectivity index (χ3v) is 4.76. The minimum Gasteiger partial charge on any atom is -0.392 e. The molecule has 1 aromatic rings. The molecule has 1 aromatic carbocycles. The van der Waals surface area contributed by atoms with Crippen LogP contribution in [0.1, 0.15) is 35.6 Å². The Morgan fingerprint density at radius 1 is 1.14 bits per heavy atom. The molecule has 0 atom stereocenters. The van der Waals surface area contributed by atoms with Crippen LogP contribution < -0.4 is 5.32 Å². The van der Waals surface area contributed by atoms with Gasteiger partial charge in [-0.25, -0.2) is 0 Å². The zero-order chi connectivity index (χ0) is 16.5. The number of nitrogens with zero attached hydrogens (tertiary/aromatic N) is 1. The molecule has 0 heterocycles. The van der Waals surface area contributed by atoms with Crippen LogP contribution in [0.25, 0.3) is 0 Å². The van der Waals surface area contributed by atoms with E-state index in [2.05, 4.69) is 57.5 Å². The first-order valence-electron chi connectivity index (χ1n) is 8.69. The molecule has 0 bridgehead atoms. The van der Waals surface area contributed by atoms with Crippen molar-refractivity contribution >= 4 is 7.85 Å². The Bertz CT molecular complexity index is 483. The fourth-order valence-electron chi connectivity index (χ4n) is 2.87. The van der Waals surface area contributed by atoms with Crippen molar-refractivity contribution in [3.8, 4) is 0 Å². The van der Waals surface area contributed by atoms with Crippen LogP contribution in [0.15, 0.2) is 24.4 Å². The van der Waals surface area contributed by atoms with Gasteiger partial charge >= 0.3 is 0 Å². The summed E-state index contributed by atoms with van der Waals surface area (Å²) in [5.74, 6) is 0. The maximum absolute atomic E-state index is 4.01. The van der Waals surface area contributed by atoms with Crippen LogP contribution in [0.5, 0.6) is 0 Å². The molecule has 0 aliphatic rings. The molecule has 0 aliphatic heterocycles. The van der Waals surface area contributed by atoms with E-state index < -0.39 is 0 Å². The lowest BCUT2D eigenvalue weighted by Gasteiger charge is -2.22. The zero-order valence-electron chi connectivity index (χ0n) is 15.3. The van der Waals surface area contributed by atoms with Crippen molar-refractivity contribution in [1.29, 1.82) is 0 Å². The second-order valence-corrected chi connectivity index (χ2v) is 6.17. The first-order valence-corrected chi connectivity index (χ1v) is 8.69. The summed E-state index contributed by atoms with van der Waals surface area (Å²) in [5, 5.41) is 3.13. The molecule has 0 saturated heterocycles. The van der Waals surface area contributed by atoms with Crippen LogP contribution in [0.3, 0.4) is 0 Å². The molecule has 0 fully saturated rings. The Balaban J connectivity index is 2.62. The third kappa shape index (κ3) is 5.53. The van der Waals surface area contributed by atoms with E-state index in [1.807, 2.05) is 7.05 Å². The van der Waals surface area contributed by atoms with Crippen molar-refractivity contribution in [2.24, 2.45) is 0 Å². The number of nitrogens with one attached hydrogen (secondary N) is 1. The SMILES string of the molecule is BCCc1ccc(CCN(CC)CCC(=C)NC)c(C)c1C. The summed E-state index contributed by atoms with van der Waals surface area (Å²) < 4.78 is 0. The summed E-state index contributed by atoms with van der Waals surface area (Å²) >= 11 is 0. The number of hydrogen-bond acceptors (Lipinski definition) is 2. The van der Waals surface area contributed by atoms with Crippen LogP contribution in [-0.4, -0.2) is 39.4 Å². The highest BCUT2D eigenvalue weighted by atomic mass is 15.1. The van der Waals surface area contributed by atoms with Crippen LogP contribution in [0, 0.1) is 13.8 Å². The molecular weight excluding hydrogens is 267 g/mol. The van der Waals surface area contributed by atoms with E-state index >= 15 is 0 Å². The van der Waals surface area contributed by atoms with Crippen LogP contribution in [0.2, 0.25) is 6.32 Å². The molecular formula is C19H33BN2. The maximum atomic E-state index is 4.01. The topological polar surface area (TPSA) is 15.3 Å². The van der Waals surface area contributed by atoms with Gasteiger partial charge in [0, 0.05) is 25.8 Å². The first kappa shape index (κ1) is 18.8. The van der Waals surface area contributed by atoms with Crippen molar-refractivity contribution in [2.45, 2.75) is 46.4 Å².